The Kier molecular flexibility index (Phi) is 8.34. The lowest BCUT2D eigenvalue weighted by Crippen LogP contribution is -2.27. The summed E-state index contributed by atoms with van der Waals surface area (Å²) in [7, 11) is -1.75. The third-order valence-corrected chi connectivity index (χ3v) is 10.5. The molecule has 1 amide bonds. The van der Waals surface area contributed by atoms with Crippen LogP contribution in [0.1, 0.15) is 21.5 Å². The van der Waals surface area contributed by atoms with E-state index >= 15 is 0 Å². The van der Waals surface area contributed by atoms with Crippen LogP contribution in [0.15, 0.2) is 121 Å². The summed E-state index contributed by atoms with van der Waals surface area (Å²) < 4.78 is 0. The van der Waals surface area contributed by atoms with Crippen LogP contribution in [-0.2, 0) is 0 Å². The van der Waals surface area contributed by atoms with Crippen LogP contribution in [0.25, 0.3) is 11.1 Å². The van der Waals surface area contributed by atoms with Crippen LogP contribution < -0.4 is 32.0 Å². The molecule has 3 nitrogen and oxygen atoms in total. The molecule has 5 aromatic rings. The summed E-state index contributed by atoms with van der Waals surface area (Å²) in [5.41, 5.74) is 12.3. The molecule has 0 saturated carbocycles. The van der Waals surface area contributed by atoms with Crippen LogP contribution in [0.2, 0.25) is 0 Å². The maximum atomic E-state index is 14.1. The summed E-state index contributed by atoms with van der Waals surface area (Å²) in [6, 6.07) is 41.3. The van der Waals surface area contributed by atoms with Crippen molar-refractivity contribution in [3.63, 3.8) is 0 Å². The van der Waals surface area contributed by atoms with Gasteiger partial charge in [0.05, 0.1) is 0 Å². The number of aryl methyl sites for hydroxylation is 2. The van der Waals surface area contributed by atoms with Gasteiger partial charge in [0.2, 0.25) is 0 Å². The Bertz CT molecular complexity index is 1560. The third kappa shape index (κ3) is 5.72. The van der Waals surface area contributed by atoms with E-state index in [9.17, 15) is 4.79 Å². The molecule has 0 spiro atoms. The van der Waals surface area contributed by atoms with E-state index in [1.165, 1.54) is 10.6 Å². The molecule has 194 valence electrons. The van der Waals surface area contributed by atoms with Gasteiger partial charge >= 0.3 is 0 Å². The first-order valence-electron chi connectivity index (χ1n) is 12.9. The van der Waals surface area contributed by atoms with E-state index in [0.29, 0.717) is 5.56 Å². The Morgan fingerprint density at radius 2 is 1.13 bits per heavy atom. The van der Waals surface area contributed by atoms with Crippen molar-refractivity contribution < 1.29 is 4.79 Å². The molecule has 0 aliphatic heterocycles. The van der Waals surface area contributed by atoms with Crippen LogP contribution in [0.4, 0.5) is 5.69 Å². The number of nitrogens with two attached hydrogens (primary N) is 1. The maximum Gasteiger partial charge on any atom is 0.256 e. The summed E-state index contributed by atoms with van der Waals surface area (Å²) in [6.45, 7) is 6.27. The van der Waals surface area contributed by atoms with Crippen molar-refractivity contribution in [3.05, 3.63) is 138 Å². The van der Waals surface area contributed by atoms with Gasteiger partial charge < -0.3 is 10.8 Å². The summed E-state index contributed by atoms with van der Waals surface area (Å²) in [5, 5.41) is 7.88. The molecule has 0 radical (unpaired) electrons. The first kappa shape index (κ1) is 27.0. The zero-order valence-corrected chi connectivity index (χ0v) is 24.2. The quantitative estimate of drug-likeness (QED) is 0.226. The normalized spacial score (nSPS) is 11.8. The molecular formula is C34H32N2OP2. The smallest absolute Gasteiger partial charge is 0.256 e. The van der Waals surface area contributed by atoms with Gasteiger partial charge in [-0.1, -0.05) is 109 Å². The highest BCUT2D eigenvalue weighted by Gasteiger charge is 2.24. The average Bonchev–Trinajstić information content (AvgIpc) is 2.95. The number of hydrogen-bond donors (Lipinski definition) is 2. The predicted octanol–water partition coefficient (Wildman–Crippen LogP) is 6.59. The molecule has 5 rings (SSSR count). The molecule has 39 heavy (non-hydrogen) atoms. The van der Waals surface area contributed by atoms with Gasteiger partial charge in [-0.2, -0.15) is 0 Å². The summed E-state index contributed by atoms with van der Waals surface area (Å²) in [5.74, 6) is -0.113. The Morgan fingerprint density at radius 1 is 0.615 bits per heavy atom. The molecule has 5 heteroatoms. The monoisotopic (exact) mass is 546 g/mol. The standard InChI is InChI=1S/C34H32N2OP2/c1-24-14-12-21-29(32(24)33-25(2)15-13-23-31(33)38(3)35)36-34(37)28-20-10-11-22-30(28)39(26-16-6-4-7-17-26)27-18-8-5-9-19-27/h4-23H,35H2,1-3H3,(H,36,37). The molecule has 0 heterocycles. The van der Waals surface area contributed by atoms with Crippen LogP contribution >= 0.6 is 16.0 Å². The number of rotatable bonds is 7. The van der Waals surface area contributed by atoms with Crippen molar-refractivity contribution in [2.75, 3.05) is 12.0 Å². The largest absolute Gasteiger partial charge is 0.321 e. The highest BCUT2D eigenvalue weighted by Crippen LogP contribution is 2.38. The second-order valence-electron chi connectivity index (χ2n) is 9.56. The van der Waals surface area contributed by atoms with Crippen molar-refractivity contribution in [2.45, 2.75) is 13.8 Å². The molecular weight excluding hydrogens is 514 g/mol. The van der Waals surface area contributed by atoms with E-state index < -0.39 is 16.0 Å². The summed E-state index contributed by atoms with van der Waals surface area (Å²) >= 11 is 0. The molecule has 1 unspecified atom stereocenters. The summed E-state index contributed by atoms with van der Waals surface area (Å²) in [6.07, 6.45) is 0. The van der Waals surface area contributed by atoms with Gasteiger partial charge in [-0.15, -0.1) is 0 Å². The number of anilines is 1. The van der Waals surface area contributed by atoms with Gasteiger partial charge in [-0.25, -0.2) is 0 Å². The summed E-state index contributed by atoms with van der Waals surface area (Å²) in [4.78, 5) is 14.1. The number of carbonyl (C=O) groups excluding carboxylic acids is 1. The number of amides is 1. The van der Waals surface area contributed by atoms with Crippen LogP contribution in [0, 0.1) is 13.8 Å². The highest BCUT2D eigenvalue weighted by molar-refractivity contribution is 7.80. The lowest BCUT2D eigenvalue weighted by atomic mass is 9.94. The molecule has 0 bridgehead atoms. The van der Waals surface area contributed by atoms with E-state index in [-0.39, 0.29) is 5.91 Å². The van der Waals surface area contributed by atoms with Crippen molar-refractivity contribution in [1.82, 2.24) is 0 Å². The van der Waals surface area contributed by atoms with E-state index in [4.69, 9.17) is 5.50 Å². The minimum absolute atomic E-state index is 0.113. The van der Waals surface area contributed by atoms with Crippen molar-refractivity contribution in [3.8, 4) is 11.1 Å². The number of nitrogens with one attached hydrogen (secondary N) is 1. The van der Waals surface area contributed by atoms with E-state index in [2.05, 4.69) is 105 Å². The van der Waals surface area contributed by atoms with Crippen molar-refractivity contribution in [2.24, 2.45) is 5.50 Å². The zero-order chi connectivity index (χ0) is 27.4. The van der Waals surface area contributed by atoms with Gasteiger partial charge in [0.1, 0.15) is 0 Å². The van der Waals surface area contributed by atoms with Gasteiger partial charge in [-0.05, 0) is 86.5 Å². The van der Waals surface area contributed by atoms with E-state index in [0.717, 1.165) is 38.6 Å². The third-order valence-electron chi connectivity index (χ3n) is 6.82. The average molecular weight is 547 g/mol. The second-order valence-corrected chi connectivity index (χ2v) is 13.4. The highest BCUT2D eigenvalue weighted by atomic mass is 31.1. The zero-order valence-electron chi connectivity index (χ0n) is 22.4. The molecule has 0 aliphatic rings. The van der Waals surface area contributed by atoms with E-state index in [1.54, 1.807) is 0 Å². The first-order chi connectivity index (χ1) is 19.0. The fraction of sp³-hybridized carbons (Fsp3) is 0.0882. The molecule has 0 fully saturated rings. The van der Waals surface area contributed by atoms with Crippen molar-refractivity contribution >= 4 is 48.8 Å². The molecule has 1 atom stereocenters. The van der Waals surface area contributed by atoms with Gasteiger partial charge in [0, 0.05) is 16.8 Å². The van der Waals surface area contributed by atoms with Crippen LogP contribution in [0.5, 0.6) is 0 Å². The van der Waals surface area contributed by atoms with Crippen LogP contribution in [-0.4, -0.2) is 12.6 Å². The molecule has 0 saturated heterocycles. The van der Waals surface area contributed by atoms with Gasteiger partial charge in [0.25, 0.3) is 5.91 Å². The number of hydrogen-bond acceptors (Lipinski definition) is 2. The topological polar surface area (TPSA) is 55.1 Å². The lowest BCUT2D eigenvalue weighted by Gasteiger charge is -2.23. The fourth-order valence-electron chi connectivity index (χ4n) is 5.01. The number of carbonyl (C=O) groups is 1. The van der Waals surface area contributed by atoms with Crippen molar-refractivity contribution in [1.29, 1.82) is 0 Å². The Balaban J connectivity index is 1.61. The second kappa shape index (κ2) is 12.1. The lowest BCUT2D eigenvalue weighted by molar-refractivity contribution is 0.102. The first-order valence-corrected chi connectivity index (χ1v) is 16.1. The minimum atomic E-state index is -0.925. The Labute approximate surface area is 233 Å². The number of benzene rings is 5. The maximum absolute atomic E-state index is 14.1. The molecule has 0 aliphatic carbocycles. The van der Waals surface area contributed by atoms with Gasteiger partial charge in [0.15, 0.2) is 0 Å². The molecule has 5 aromatic carbocycles. The van der Waals surface area contributed by atoms with E-state index in [1.807, 2.05) is 42.5 Å². The SMILES string of the molecule is Cc1cccc(NC(=O)c2ccccc2P(c2ccccc2)c2ccccc2)c1-c1c(C)cccc1P(C)N. The Hall–Kier alpha value is -3.61. The Morgan fingerprint density at radius 3 is 1.74 bits per heavy atom. The molecule has 0 aromatic heterocycles. The fourth-order valence-corrected chi connectivity index (χ4v) is 8.42. The minimum Gasteiger partial charge on any atom is -0.321 e. The predicted molar refractivity (Wildman–Crippen MR) is 171 cm³/mol. The van der Waals surface area contributed by atoms with Gasteiger partial charge in [-0.3, -0.25) is 4.79 Å². The van der Waals surface area contributed by atoms with Crippen LogP contribution in [0.3, 0.4) is 0 Å². The molecule has 3 N–H and O–H groups in total.